The van der Waals surface area contributed by atoms with Crippen molar-refractivity contribution in [1.82, 2.24) is 24.6 Å². The molecule has 0 aliphatic carbocycles. The number of nitrogens with zero attached hydrogens (tertiary/aromatic N) is 5. The van der Waals surface area contributed by atoms with Gasteiger partial charge in [-0.15, -0.1) is 0 Å². The number of amides is 1. The molecule has 24 heavy (non-hydrogen) atoms. The van der Waals surface area contributed by atoms with Crippen molar-refractivity contribution < 1.29 is 4.79 Å². The predicted octanol–water partition coefficient (Wildman–Crippen LogP) is 1.98. The van der Waals surface area contributed by atoms with Gasteiger partial charge >= 0.3 is 0 Å². The van der Waals surface area contributed by atoms with Gasteiger partial charge in [-0.05, 0) is 12.1 Å². The van der Waals surface area contributed by atoms with E-state index in [1.165, 1.54) is 12.4 Å². The molecule has 2 aromatic heterocycles. The van der Waals surface area contributed by atoms with E-state index >= 15 is 0 Å². The Kier molecular flexibility index (Phi) is 4.51. The first-order chi connectivity index (χ1) is 11.7. The van der Waals surface area contributed by atoms with Crippen LogP contribution in [0.3, 0.4) is 0 Å². The van der Waals surface area contributed by atoms with E-state index in [0.717, 1.165) is 11.3 Å². The summed E-state index contributed by atoms with van der Waals surface area (Å²) in [6.07, 6.45) is 6.72. The van der Waals surface area contributed by atoms with Crippen LogP contribution in [0.5, 0.6) is 0 Å². The van der Waals surface area contributed by atoms with E-state index in [9.17, 15) is 4.79 Å². The molecule has 0 spiro atoms. The van der Waals surface area contributed by atoms with Crippen LogP contribution in [-0.2, 0) is 6.54 Å². The van der Waals surface area contributed by atoms with Crippen molar-refractivity contribution in [3.05, 3.63) is 66.2 Å². The summed E-state index contributed by atoms with van der Waals surface area (Å²) >= 11 is 0. The molecule has 0 bridgehead atoms. The van der Waals surface area contributed by atoms with Gasteiger partial charge in [0.05, 0.1) is 17.4 Å². The third-order valence-corrected chi connectivity index (χ3v) is 3.55. The number of carbonyl (C=O) groups excluding carboxylic acids is 1. The lowest BCUT2D eigenvalue weighted by atomic mass is 10.2. The fourth-order valence-corrected chi connectivity index (χ4v) is 2.30. The molecule has 0 aliphatic heterocycles. The largest absolute Gasteiger partial charge is 0.357 e. The minimum Gasteiger partial charge on any atom is -0.357 e. The Labute approximate surface area is 140 Å². The van der Waals surface area contributed by atoms with Crippen molar-refractivity contribution >= 4 is 11.9 Å². The van der Waals surface area contributed by atoms with Crippen LogP contribution in [-0.4, -0.2) is 44.7 Å². The normalized spacial score (nSPS) is 10.4. The molecule has 0 aliphatic rings. The summed E-state index contributed by atoms with van der Waals surface area (Å²) < 4.78 is 1.79. The Balaban J connectivity index is 1.69. The lowest BCUT2D eigenvalue weighted by Crippen LogP contribution is -2.26. The van der Waals surface area contributed by atoms with E-state index in [1.807, 2.05) is 36.5 Å². The Morgan fingerprint density at radius 1 is 1.17 bits per heavy atom. The number of benzene rings is 1. The van der Waals surface area contributed by atoms with E-state index in [1.54, 1.807) is 29.9 Å². The standard InChI is InChI=1S/C17H18N6O/c1-18-17-19-9-14(10-20-17)16(24)22(2)11-13-8-21-23(12-13)15-6-4-3-5-7-15/h3-10,12H,11H2,1-2H3,(H,18,19,20). The average Bonchev–Trinajstić information content (AvgIpc) is 3.10. The first-order valence-electron chi connectivity index (χ1n) is 7.51. The van der Waals surface area contributed by atoms with Gasteiger partial charge in [0.1, 0.15) is 0 Å². The summed E-state index contributed by atoms with van der Waals surface area (Å²) in [7, 11) is 3.47. The van der Waals surface area contributed by atoms with Gasteiger partial charge in [-0.3, -0.25) is 4.79 Å². The summed E-state index contributed by atoms with van der Waals surface area (Å²) in [5.41, 5.74) is 2.38. The fourth-order valence-electron chi connectivity index (χ4n) is 2.30. The second-order valence-corrected chi connectivity index (χ2v) is 5.34. The molecule has 0 radical (unpaired) electrons. The molecule has 0 saturated heterocycles. The molecule has 0 atom stereocenters. The highest BCUT2D eigenvalue weighted by Crippen LogP contribution is 2.11. The lowest BCUT2D eigenvalue weighted by Gasteiger charge is -2.15. The number of carbonyl (C=O) groups is 1. The van der Waals surface area contributed by atoms with Crippen LogP contribution in [0.25, 0.3) is 5.69 Å². The van der Waals surface area contributed by atoms with E-state index < -0.39 is 0 Å². The molecule has 0 fully saturated rings. The van der Waals surface area contributed by atoms with Crippen LogP contribution < -0.4 is 5.32 Å². The van der Waals surface area contributed by atoms with Gasteiger partial charge in [-0.25, -0.2) is 14.6 Å². The quantitative estimate of drug-likeness (QED) is 0.777. The molecule has 3 rings (SSSR count). The molecule has 1 amide bonds. The molecule has 122 valence electrons. The summed E-state index contributed by atoms with van der Waals surface area (Å²) in [6, 6.07) is 9.84. The van der Waals surface area contributed by atoms with Crippen molar-refractivity contribution in [2.75, 3.05) is 19.4 Å². The third-order valence-electron chi connectivity index (χ3n) is 3.55. The lowest BCUT2D eigenvalue weighted by molar-refractivity contribution is 0.0784. The molecular formula is C17H18N6O. The minimum absolute atomic E-state index is 0.134. The van der Waals surface area contributed by atoms with E-state index in [4.69, 9.17) is 0 Å². The van der Waals surface area contributed by atoms with Crippen LogP contribution in [0, 0.1) is 0 Å². The Morgan fingerprint density at radius 2 is 1.88 bits per heavy atom. The maximum absolute atomic E-state index is 12.4. The molecule has 7 heteroatoms. The van der Waals surface area contributed by atoms with Crippen molar-refractivity contribution in [2.45, 2.75) is 6.54 Å². The maximum Gasteiger partial charge on any atom is 0.257 e. The predicted molar refractivity (Wildman–Crippen MR) is 90.9 cm³/mol. The topological polar surface area (TPSA) is 75.9 Å². The monoisotopic (exact) mass is 322 g/mol. The smallest absolute Gasteiger partial charge is 0.257 e. The molecular weight excluding hydrogens is 304 g/mol. The average molecular weight is 322 g/mol. The first-order valence-corrected chi connectivity index (χ1v) is 7.51. The van der Waals surface area contributed by atoms with Crippen molar-refractivity contribution in [1.29, 1.82) is 0 Å². The van der Waals surface area contributed by atoms with E-state index in [0.29, 0.717) is 18.1 Å². The van der Waals surface area contributed by atoms with Gasteiger partial charge in [-0.2, -0.15) is 5.10 Å². The maximum atomic E-state index is 12.4. The van der Waals surface area contributed by atoms with Gasteiger partial charge in [-0.1, -0.05) is 18.2 Å². The number of hydrogen-bond acceptors (Lipinski definition) is 5. The highest BCUT2D eigenvalue weighted by Gasteiger charge is 2.14. The summed E-state index contributed by atoms with van der Waals surface area (Å²) in [5, 5.41) is 7.16. The Morgan fingerprint density at radius 3 is 2.54 bits per heavy atom. The number of rotatable bonds is 5. The van der Waals surface area contributed by atoms with Crippen LogP contribution in [0.1, 0.15) is 15.9 Å². The van der Waals surface area contributed by atoms with E-state index in [-0.39, 0.29) is 5.91 Å². The first kappa shape index (κ1) is 15.7. The number of nitrogens with one attached hydrogen (secondary N) is 1. The number of aromatic nitrogens is 4. The summed E-state index contributed by atoms with van der Waals surface area (Å²) in [6.45, 7) is 0.458. The second-order valence-electron chi connectivity index (χ2n) is 5.34. The minimum atomic E-state index is -0.134. The molecule has 2 heterocycles. The van der Waals surface area contributed by atoms with Crippen LogP contribution in [0.15, 0.2) is 55.1 Å². The molecule has 3 aromatic rings. The number of hydrogen-bond donors (Lipinski definition) is 1. The van der Waals surface area contributed by atoms with Crippen molar-refractivity contribution in [3.63, 3.8) is 0 Å². The van der Waals surface area contributed by atoms with Crippen LogP contribution in [0.2, 0.25) is 0 Å². The van der Waals surface area contributed by atoms with Gasteiger partial charge in [0.2, 0.25) is 5.95 Å². The zero-order valence-corrected chi connectivity index (χ0v) is 13.5. The molecule has 0 saturated carbocycles. The van der Waals surface area contributed by atoms with Gasteiger partial charge in [0.15, 0.2) is 0 Å². The van der Waals surface area contributed by atoms with Crippen LogP contribution in [0.4, 0.5) is 5.95 Å². The molecule has 1 aromatic carbocycles. The Hall–Kier alpha value is -3.22. The zero-order chi connectivity index (χ0) is 16.9. The molecule has 1 N–H and O–H groups in total. The van der Waals surface area contributed by atoms with Gasteiger partial charge in [0.25, 0.3) is 5.91 Å². The highest BCUT2D eigenvalue weighted by molar-refractivity contribution is 5.93. The fraction of sp³-hybridized carbons (Fsp3) is 0.176. The van der Waals surface area contributed by atoms with E-state index in [2.05, 4.69) is 20.4 Å². The molecule has 7 nitrogen and oxygen atoms in total. The molecule has 0 unspecified atom stereocenters. The Bertz CT molecular complexity index is 813. The summed E-state index contributed by atoms with van der Waals surface area (Å²) in [5.74, 6) is 0.350. The second kappa shape index (κ2) is 6.91. The van der Waals surface area contributed by atoms with Crippen molar-refractivity contribution in [2.24, 2.45) is 0 Å². The highest BCUT2D eigenvalue weighted by atomic mass is 16.2. The van der Waals surface area contributed by atoms with Gasteiger partial charge in [0, 0.05) is 44.8 Å². The summed E-state index contributed by atoms with van der Waals surface area (Å²) in [4.78, 5) is 22.2. The third kappa shape index (κ3) is 3.40. The SMILES string of the molecule is CNc1ncc(C(=O)N(C)Cc2cnn(-c3ccccc3)c2)cn1. The van der Waals surface area contributed by atoms with Crippen molar-refractivity contribution in [3.8, 4) is 5.69 Å². The number of anilines is 1. The van der Waals surface area contributed by atoms with Gasteiger partial charge < -0.3 is 10.2 Å². The van der Waals surface area contributed by atoms with Crippen LogP contribution >= 0.6 is 0 Å². The zero-order valence-electron chi connectivity index (χ0n) is 13.5. The number of para-hydroxylation sites is 1.